The molecule has 3 aromatic rings. The molecule has 0 aliphatic rings. The maximum atomic E-state index is 13.0. The van der Waals surface area contributed by atoms with E-state index in [1.54, 1.807) is 37.4 Å². The van der Waals surface area contributed by atoms with Gasteiger partial charge in [-0.2, -0.15) is 0 Å². The van der Waals surface area contributed by atoms with Crippen LogP contribution in [-0.4, -0.2) is 58.2 Å². The largest absolute Gasteiger partial charge is 0.497 e. The van der Waals surface area contributed by atoms with Gasteiger partial charge in [-0.1, -0.05) is 12.1 Å². The fourth-order valence-corrected chi connectivity index (χ4v) is 2.70. The minimum absolute atomic E-state index is 0.0746. The topological polar surface area (TPSA) is 81.9 Å². The number of hydrogen-bond acceptors (Lipinski definition) is 6. The minimum Gasteiger partial charge on any atom is -0.497 e. The van der Waals surface area contributed by atoms with Crippen molar-refractivity contribution in [2.75, 3.05) is 27.4 Å². The number of aromatic nitrogens is 4. The number of carbonyl (C=O) groups excluding carboxylic acids is 1. The van der Waals surface area contributed by atoms with Crippen molar-refractivity contribution in [3.63, 3.8) is 0 Å². The molecule has 0 fully saturated rings. The monoisotopic (exact) mass is 355 g/mol. The summed E-state index contributed by atoms with van der Waals surface area (Å²) < 4.78 is 11.9. The standard InChI is InChI=1S/C18H21N5O3/c1-25-10-4-8-22(13-14-5-3-6-16(11-14)26-2)18(24)15-7-9-23-17(12-15)19-20-21-23/h3,5-7,9,11-12H,4,8,10,13H2,1-2H3. The van der Waals surface area contributed by atoms with Crippen molar-refractivity contribution in [2.24, 2.45) is 0 Å². The van der Waals surface area contributed by atoms with Crippen LogP contribution in [0, 0.1) is 0 Å². The number of carbonyl (C=O) groups is 1. The number of fused-ring (bicyclic) bond motifs is 1. The predicted molar refractivity (Wildman–Crippen MR) is 95.0 cm³/mol. The van der Waals surface area contributed by atoms with Crippen LogP contribution in [0.15, 0.2) is 42.6 Å². The van der Waals surface area contributed by atoms with Crippen LogP contribution >= 0.6 is 0 Å². The fraction of sp³-hybridized carbons (Fsp3) is 0.333. The number of hydrogen-bond donors (Lipinski definition) is 0. The van der Waals surface area contributed by atoms with Crippen molar-refractivity contribution in [3.8, 4) is 5.75 Å². The second-order valence-corrected chi connectivity index (χ2v) is 5.82. The first-order valence-electron chi connectivity index (χ1n) is 8.30. The summed E-state index contributed by atoms with van der Waals surface area (Å²) in [5, 5.41) is 11.3. The first-order chi connectivity index (χ1) is 12.7. The van der Waals surface area contributed by atoms with E-state index in [2.05, 4.69) is 15.5 Å². The van der Waals surface area contributed by atoms with Crippen LogP contribution in [0.25, 0.3) is 5.65 Å². The third kappa shape index (κ3) is 4.15. The highest BCUT2D eigenvalue weighted by molar-refractivity contribution is 5.95. The lowest BCUT2D eigenvalue weighted by Crippen LogP contribution is -2.32. The molecule has 0 atom stereocenters. The van der Waals surface area contributed by atoms with Gasteiger partial charge in [0.15, 0.2) is 5.65 Å². The van der Waals surface area contributed by atoms with E-state index in [-0.39, 0.29) is 5.91 Å². The van der Waals surface area contributed by atoms with Crippen molar-refractivity contribution < 1.29 is 14.3 Å². The molecule has 3 rings (SSSR count). The quantitative estimate of drug-likeness (QED) is 0.573. The molecule has 0 aliphatic heterocycles. The molecule has 8 heteroatoms. The van der Waals surface area contributed by atoms with E-state index < -0.39 is 0 Å². The molecule has 0 aliphatic carbocycles. The fourth-order valence-electron chi connectivity index (χ4n) is 2.70. The number of tetrazole rings is 1. The van der Waals surface area contributed by atoms with Crippen LogP contribution in [-0.2, 0) is 11.3 Å². The Morgan fingerprint density at radius 1 is 1.23 bits per heavy atom. The Kier molecular flexibility index (Phi) is 5.75. The minimum atomic E-state index is -0.0746. The van der Waals surface area contributed by atoms with Crippen molar-refractivity contribution in [2.45, 2.75) is 13.0 Å². The van der Waals surface area contributed by atoms with Crippen molar-refractivity contribution in [3.05, 3.63) is 53.7 Å². The number of ether oxygens (including phenoxy) is 2. The molecule has 0 N–H and O–H groups in total. The van der Waals surface area contributed by atoms with E-state index in [0.717, 1.165) is 17.7 Å². The van der Waals surface area contributed by atoms with Gasteiger partial charge in [-0.15, -0.1) is 5.10 Å². The van der Waals surface area contributed by atoms with Gasteiger partial charge >= 0.3 is 0 Å². The lowest BCUT2D eigenvalue weighted by atomic mass is 10.1. The summed E-state index contributed by atoms with van der Waals surface area (Å²) in [4.78, 5) is 14.8. The molecule has 2 heterocycles. The zero-order valence-corrected chi connectivity index (χ0v) is 14.8. The number of pyridine rings is 1. The molecule has 0 bridgehead atoms. The van der Waals surface area contributed by atoms with Crippen LogP contribution < -0.4 is 4.74 Å². The van der Waals surface area contributed by atoms with Gasteiger partial charge < -0.3 is 14.4 Å². The van der Waals surface area contributed by atoms with E-state index in [0.29, 0.717) is 30.9 Å². The van der Waals surface area contributed by atoms with Gasteiger partial charge in [-0.25, -0.2) is 4.52 Å². The lowest BCUT2D eigenvalue weighted by Gasteiger charge is -2.23. The first kappa shape index (κ1) is 17.8. The van der Waals surface area contributed by atoms with Gasteiger partial charge in [0.2, 0.25) is 0 Å². The molecule has 0 unspecified atom stereocenters. The number of benzene rings is 1. The smallest absolute Gasteiger partial charge is 0.254 e. The van der Waals surface area contributed by atoms with Crippen molar-refractivity contribution in [1.82, 2.24) is 24.9 Å². The molecule has 1 amide bonds. The Bertz CT molecular complexity index is 880. The summed E-state index contributed by atoms with van der Waals surface area (Å²) in [6.07, 6.45) is 2.43. The molecule has 2 aromatic heterocycles. The van der Waals surface area contributed by atoms with Crippen LogP contribution in [0.4, 0.5) is 0 Å². The highest BCUT2D eigenvalue weighted by atomic mass is 16.5. The summed E-state index contributed by atoms with van der Waals surface area (Å²) in [6.45, 7) is 1.66. The van der Waals surface area contributed by atoms with Crippen molar-refractivity contribution >= 4 is 11.6 Å². The van der Waals surface area contributed by atoms with E-state index >= 15 is 0 Å². The van der Waals surface area contributed by atoms with Gasteiger partial charge in [-0.05, 0) is 46.7 Å². The number of amides is 1. The summed E-state index contributed by atoms with van der Waals surface area (Å²) >= 11 is 0. The summed E-state index contributed by atoms with van der Waals surface area (Å²) in [7, 11) is 3.28. The number of nitrogens with zero attached hydrogens (tertiary/aromatic N) is 5. The first-order valence-corrected chi connectivity index (χ1v) is 8.30. The second kappa shape index (κ2) is 8.39. The maximum absolute atomic E-state index is 13.0. The Balaban J connectivity index is 1.82. The van der Waals surface area contributed by atoms with E-state index in [1.165, 1.54) is 4.52 Å². The lowest BCUT2D eigenvalue weighted by molar-refractivity contribution is 0.0723. The highest BCUT2D eigenvalue weighted by Crippen LogP contribution is 2.16. The Morgan fingerprint density at radius 3 is 2.92 bits per heavy atom. The molecular formula is C18H21N5O3. The predicted octanol–water partition coefficient (Wildman–Crippen LogP) is 1.81. The molecule has 0 spiro atoms. The average molecular weight is 355 g/mol. The van der Waals surface area contributed by atoms with Gasteiger partial charge in [0.05, 0.1) is 7.11 Å². The van der Waals surface area contributed by atoms with Gasteiger partial charge in [0.1, 0.15) is 5.75 Å². The summed E-state index contributed by atoms with van der Waals surface area (Å²) in [5.41, 5.74) is 2.09. The third-order valence-electron chi connectivity index (χ3n) is 4.02. The molecule has 0 saturated heterocycles. The zero-order valence-electron chi connectivity index (χ0n) is 14.8. The average Bonchev–Trinajstić information content (AvgIpc) is 3.14. The SMILES string of the molecule is COCCCN(Cc1cccc(OC)c1)C(=O)c1ccn2nnnc2c1. The number of rotatable bonds is 8. The van der Waals surface area contributed by atoms with Crippen LogP contribution in [0.1, 0.15) is 22.3 Å². The van der Waals surface area contributed by atoms with Crippen LogP contribution in [0.2, 0.25) is 0 Å². The van der Waals surface area contributed by atoms with Crippen LogP contribution in [0.5, 0.6) is 5.75 Å². The summed E-state index contributed by atoms with van der Waals surface area (Å²) in [5.74, 6) is 0.692. The molecule has 0 radical (unpaired) electrons. The van der Waals surface area contributed by atoms with E-state index in [4.69, 9.17) is 9.47 Å². The highest BCUT2D eigenvalue weighted by Gasteiger charge is 2.17. The summed E-state index contributed by atoms with van der Waals surface area (Å²) in [6, 6.07) is 11.1. The van der Waals surface area contributed by atoms with Crippen molar-refractivity contribution in [1.29, 1.82) is 0 Å². The maximum Gasteiger partial charge on any atom is 0.254 e. The number of methoxy groups -OCH3 is 2. The molecule has 26 heavy (non-hydrogen) atoms. The zero-order chi connectivity index (χ0) is 18.4. The molecule has 0 saturated carbocycles. The van der Waals surface area contributed by atoms with Gasteiger partial charge in [0.25, 0.3) is 5.91 Å². The third-order valence-corrected chi connectivity index (χ3v) is 4.02. The Hall–Kier alpha value is -3.00. The van der Waals surface area contributed by atoms with Gasteiger partial charge in [-0.3, -0.25) is 4.79 Å². The molecule has 136 valence electrons. The van der Waals surface area contributed by atoms with Gasteiger partial charge in [0, 0.05) is 38.6 Å². The second-order valence-electron chi connectivity index (χ2n) is 5.82. The Labute approximate surface area is 151 Å². The Morgan fingerprint density at radius 2 is 2.12 bits per heavy atom. The molecule has 1 aromatic carbocycles. The normalized spacial score (nSPS) is 10.8. The molecular weight excluding hydrogens is 334 g/mol. The van der Waals surface area contributed by atoms with E-state index in [9.17, 15) is 4.79 Å². The van der Waals surface area contributed by atoms with E-state index in [1.807, 2.05) is 24.3 Å². The van der Waals surface area contributed by atoms with Crippen LogP contribution in [0.3, 0.4) is 0 Å². The molecule has 8 nitrogen and oxygen atoms in total.